The van der Waals surface area contributed by atoms with Gasteiger partial charge in [0.2, 0.25) is 0 Å². The van der Waals surface area contributed by atoms with Crippen molar-refractivity contribution in [2.24, 2.45) is 11.7 Å². The summed E-state index contributed by atoms with van der Waals surface area (Å²) < 4.78 is 5.29. The van der Waals surface area contributed by atoms with Crippen molar-refractivity contribution in [3.63, 3.8) is 0 Å². The van der Waals surface area contributed by atoms with Gasteiger partial charge >= 0.3 is 0 Å². The van der Waals surface area contributed by atoms with Crippen molar-refractivity contribution in [2.45, 2.75) is 33.3 Å². The van der Waals surface area contributed by atoms with E-state index in [2.05, 4.69) is 6.92 Å². The molecule has 0 saturated carbocycles. The van der Waals surface area contributed by atoms with Crippen LogP contribution < -0.4 is 5.73 Å². The largest absolute Gasteiger partial charge is 0.377 e. The Morgan fingerprint density at radius 2 is 2.10 bits per heavy atom. The van der Waals surface area contributed by atoms with Crippen molar-refractivity contribution in [2.75, 3.05) is 13.2 Å². The van der Waals surface area contributed by atoms with Gasteiger partial charge in [-0.05, 0) is 12.3 Å². The van der Waals surface area contributed by atoms with Crippen LogP contribution >= 0.6 is 0 Å². The molecule has 0 aromatic rings. The minimum absolute atomic E-state index is 0.343. The second kappa shape index (κ2) is 5.69. The second-order valence-corrected chi connectivity index (χ2v) is 2.41. The summed E-state index contributed by atoms with van der Waals surface area (Å²) in [7, 11) is 0. The fourth-order valence-corrected chi connectivity index (χ4v) is 1.06. The summed E-state index contributed by atoms with van der Waals surface area (Å²) in [5, 5.41) is 0. The van der Waals surface area contributed by atoms with E-state index in [4.69, 9.17) is 10.5 Å². The van der Waals surface area contributed by atoms with E-state index in [1.165, 1.54) is 6.42 Å². The van der Waals surface area contributed by atoms with Crippen molar-refractivity contribution in [3.8, 4) is 0 Å². The van der Waals surface area contributed by atoms with Gasteiger partial charge in [-0.1, -0.05) is 20.8 Å². The summed E-state index contributed by atoms with van der Waals surface area (Å²) in [6.07, 6.45) is 1.52. The molecule has 1 saturated heterocycles. The molecule has 1 rings (SSSR count). The zero-order valence-electron chi connectivity index (χ0n) is 7.26. The second-order valence-electron chi connectivity index (χ2n) is 2.41. The van der Waals surface area contributed by atoms with E-state index in [1.54, 1.807) is 0 Å². The van der Waals surface area contributed by atoms with Crippen LogP contribution in [0.3, 0.4) is 0 Å². The molecule has 1 aliphatic rings. The van der Waals surface area contributed by atoms with E-state index in [9.17, 15) is 0 Å². The average molecular weight is 145 g/mol. The molecule has 1 aliphatic heterocycles. The molecule has 10 heavy (non-hydrogen) atoms. The Morgan fingerprint density at radius 1 is 1.50 bits per heavy atom. The van der Waals surface area contributed by atoms with Crippen molar-refractivity contribution < 1.29 is 4.74 Å². The molecule has 0 radical (unpaired) electrons. The minimum Gasteiger partial charge on any atom is -0.377 e. The van der Waals surface area contributed by atoms with Crippen LogP contribution in [0.5, 0.6) is 0 Å². The minimum atomic E-state index is 0.343. The van der Waals surface area contributed by atoms with E-state index < -0.39 is 0 Å². The Morgan fingerprint density at radius 3 is 2.30 bits per heavy atom. The smallest absolute Gasteiger partial charge is 0.0723 e. The van der Waals surface area contributed by atoms with Crippen LogP contribution in [0.4, 0.5) is 0 Å². The first kappa shape index (κ1) is 9.92. The molecule has 1 fully saturated rings. The summed E-state index contributed by atoms with van der Waals surface area (Å²) in [6.45, 7) is 7.77. The number of rotatable bonds is 1. The molecule has 0 aromatic carbocycles. The van der Waals surface area contributed by atoms with E-state index >= 15 is 0 Å². The van der Waals surface area contributed by atoms with Crippen molar-refractivity contribution in [3.05, 3.63) is 0 Å². The standard InChI is InChI=1S/C6H13NO.C2H6/c1-5-2-3-8-6(5)4-7;1-2/h5-6H,2-4,7H2,1H3;1-2H3. The van der Waals surface area contributed by atoms with Gasteiger partial charge in [-0.25, -0.2) is 0 Å². The molecule has 62 valence electrons. The SMILES string of the molecule is CC.CC1CCOC1CN. The Kier molecular flexibility index (Phi) is 5.64. The topological polar surface area (TPSA) is 35.2 Å². The van der Waals surface area contributed by atoms with E-state index in [0.717, 1.165) is 6.61 Å². The highest BCUT2D eigenvalue weighted by Gasteiger charge is 2.21. The number of hydrogen-bond donors (Lipinski definition) is 1. The van der Waals surface area contributed by atoms with Crippen molar-refractivity contribution >= 4 is 0 Å². The highest BCUT2D eigenvalue weighted by Crippen LogP contribution is 2.18. The van der Waals surface area contributed by atoms with Gasteiger partial charge < -0.3 is 10.5 Å². The van der Waals surface area contributed by atoms with Crippen LogP contribution in [0.2, 0.25) is 0 Å². The zero-order chi connectivity index (χ0) is 7.98. The third-order valence-corrected chi connectivity index (χ3v) is 1.77. The van der Waals surface area contributed by atoms with E-state index in [-0.39, 0.29) is 0 Å². The fourth-order valence-electron chi connectivity index (χ4n) is 1.06. The number of ether oxygens (including phenoxy) is 1. The third-order valence-electron chi connectivity index (χ3n) is 1.77. The van der Waals surface area contributed by atoms with Gasteiger partial charge in [0, 0.05) is 13.2 Å². The van der Waals surface area contributed by atoms with Gasteiger partial charge in [0.05, 0.1) is 6.10 Å². The summed E-state index contributed by atoms with van der Waals surface area (Å²) in [4.78, 5) is 0. The monoisotopic (exact) mass is 145 g/mol. The predicted molar refractivity (Wildman–Crippen MR) is 43.9 cm³/mol. The number of hydrogen-bond acceptors (Lipinski definition) is 2. The van der Waals surface area contributed by atoms with Gasteiger partial charge in [0.1, 0.15) is 0 Å². The molecule has 2 heteroatoms. The molecule has 0 bridgehead atoms. The van der Waals surface area contributed by atoms with Crippen LogP contribution in [0.1, 0.15) is 27.2 Å². The molecular formula is C8H19NO. The van der Waals surface area contributed by atoms with Gasteiger partial charge in [0.25, 0.3) is 0 Å². The van der Waals surface area contributed by atoms with E-state index in [0.29, 0.717) is 18.6 Å². The van der Waals surface area contributed by atoms with Gasteiger partial charge in [0.15, 0.2) is 0 Å². The first-order valence-electron chi connectivity index (χ1n) is 4.16. The molecule has 2 atom stereocenters. The molecule has 2 N–H and O–H groups in total. The molecule has 0 amide bonds. The molecule has 0 aliphatic carbocycles. The lowest BCUT2D eigenvalue weighted by Gasteiger charge is -2.09. The first-order chi connectivity index (χ1) is 4.84. The van der Waals surface area contributed by atoms with Crippen LogP contribution in [-0.2, 0) is 4.74 Å². The molecule has 2 nitrogen and oxygen atoms in total. The number of nitrogens with two attached hydrogens (primary N) is 1. The van der Waals surface area contributed by atoms with Crippen LogP contribution in [0.15, 0.2) is 0 Å². The summed E-state index contributed by atoms with van der Waals surface area (Å²) in [5.41, 5.74) is 5.40. The van der Waals surface area contributed by atoms with Crippen LogP contribution in [-0.4, -0.2) is 19.3 Å². The quantitative estimate of drug-likeness (QED) is 0.605. The molecule has 0 spiro atoms. The first-order valence-corrected chi connectivity index (χ1v) is 4.16. The highest BCUT2D eigenvalue weighted by molar-refractivity contribution is 4.72. The van der Waals surface area contributed by atoms with E-state index in [1.807, 2.05) is 13.8 Å². The zero-order valence-corrected chi connectivity index (χ0v) is 7.26. The van der Waals surface area contributed by atoms with Crippen molar-refractivity contribution in [1.29, 1.82) is 0 Å². The van der Waals surface area contributed by atoms with Gasteiger partial charge in [-0.2, -0.15) is 0 Å². The molecule has 2 unspecified atom stereocenters. The van der Waals surface area contributed by atoms with Crippen LogP contribution in [0, 0.1) is 5.92 Å². The Labute approximate surface area is 63.7 Å². The maximum atomic E-state index is 5.40. The van der Waals surface area contributed by atoms with Crippen LogP contribution in [0.25, 0.3) is 0 Å². The fraction of sp³-hybridized carbons (Fsp3) is 1.00. The highest BCUT2D eigenvalue weighted by atomic mass is 16.5. The normalized spacial score (nSPS) is 31.2. The summed E-state index contributed by atoms with van der Waals surface area (Å²) >= 11 is 0. The Balaban J connectivity index is 0.000000371. The summed E-state index contributed by atoms with van der Waals surface area (Å²) in [5.74, 6) is 0.681. The lowest BCUT2D eigenvalue weighted by molar-refractivity contribution is 0.101. The van der Waals surface area contributed by atoms with Gasteiger partial charge in [-0.15, -0.1) is 0 Å². The molecule has 0 aromatic heterocycles. The lowest BCUT2D eigenvalue weighted by Crippen LogP contribution is -2.23. The summed E-state index contributed by atoms with van der Waals surface area (Å²) in [6, 6.07) is 0. The molecule has 1 heterocycles. The maximum Gasteiger partial charge on any atom is 0.0723 e. The Hall–Kier alpha value is -0.0800. The van der Waals surface area contributed by atoms with Gasteiger partial charge in [-0.3, -0.25) is 0 Å². The maximum absolute atomic E-state index is 5.40. The van der Waals surface area contributed by atoms with Crippen molar-refractivity contribution in [1.82, 2.24) is 0 Å². The predicted octanol–water partition coefficient (Wildman–Crippen LogP) is 1.40. The Bertz CT molecular complexity index is 75.7. The average Bonchev–Trinajstić information content (AvgIpc) is 2.39. The molecular weight excluding hydrogens is 126 g/mol. The lowest BCUT2D eigenvalue weighted by atomic mass is 10.1. The third kappa shape index (κ3) is 2.67.